The second-order valence-corrected chi connectivity index (χ2v) is 7.10. The zero-order valence-electron chi connectivity index (χ0n) is 8.97. The molecule has 0 bridgehead atoms. The van der Waals surface area contributed by atoms with Crippen LogP contribution < -0.4 is 10.6 Å². The predicted octanol–water partition coefficient (Wildman–Crippen LogP) is 2.56. The first kappa shape index (κ1) is 9.86. The first-order valence-corrected chi connectivity index (χ1v) is 7.43. The van der Waals surface area contributed by atoms with Crippen LogP contribution in [0.5, 0.6) is 0 Å². The number of fused-ring (bicyclic) bond motifs is 1. The summed E-state index contributed by atoms with van der Waals surface area (Å²) in [7, 11) is -2.31. The molecule has 1 nitrogen and oxygen atoms in total. The Labute approximate surface area is 95.5 Å². The molecule has 80 valence electrons. The molecule has 0 fully saturated rings. The van der Waals surface area contributed by atoms with Gasteiger partial charge in [-0.2, -0.15) is 0 Å². The van der Waals surface area contributed by atoms with Crippen molar-refractivity contribution in [3.63, 3.8) is 0 Å². The highest BCUT2D eigenvalue weighted by Crippen LogP contribution is 2.48. The minimum absolute atomic E-state index is 0.788. The van der Waals surface area contributed by atoms with Gasteiger partial charge < -0.3 is 4.57 Å². The van der Waals surface area contributed by atoms with E-state index in [0.29, 0.717) is 0 Å². The normalized spacial score (nSPS) is 23.0. The van der Waals surface area contributed by atoms with Gasteiger partial charge in [0.15, 0.2) is 0 Å². The van der Waals surface area contributed by atoms with Crippen molar-refractivity contribution >= 4 is 17.8 Å². The monoisotopic (exact) mass is 228 g/mol. The van der Waals surface area contributed by atoms with Gasteiger partial charge in [-0.3, -0.25) is 0 Å². The van der Waals surface area contributed by atoms with E-state index in [1.165, 1.54) is 5.56 Å². The fraction of sp³-hybridized carbons (Fsp3) is 0.143. The van der Waals surface area contributed by atoms with E-state index in [0.717, 1.165) is 23.2 Å². The van der Waals surface area contributed by atoms with E-state index in [4.69, 9.17) is 0 Å². The van der Waals surface area contributed by atoms with Gasteiger partial charge in [0.25, 0.3) is 0 Å². The van der Waals surface area contributed by atoms with Gasteiger partial charge in [0.05, 0.1) is 0 Å². The predicted molar refractivity (Wildman–Crippen MR) is 68.3 cm³/mol. The number of benzene rings is 2. The van der Waals surface area contributed by atoms with Crippen molar-refractivity contribution < 1.29 is 4.57 Å². The minimum atomic E-state index is -2.31. The first-order chi connectivity index (χ1) is 7.81. The van der Waals surface area contributed by atoms with Gasteiger partial charge in [-0.15, -0.1) is 0 Å². The Kier molecular flexibility index (Phi) is 2.22. The molecule has 3 rings (SSSR count). The molecular formula is C14H13OP. The summed E-state index contributed by atoms with van der Waals surface area (Å²) in [5.41, 5.74) is 1.26. The van der Waals surface area contributed by atoms with Crippen molar-refractivity contribution in [1.82, 2.24) is 0 Å². The highest BCUT2D eigenvalue weighted by atomic mass is 31.2. The van der Waals surface area contributed by atoms with E-state index >= 15 is 0 Å². The van der Waals surface area contributed by atoms with Gasteiger partial charge in [-0.05, 0) is 12.0 Å². The fourth-order valence-electron chi connectivity index (χ4n) is 2.41. The van der Waals surface area contributed by atoms with E-state index in [1.54, 1.807) is 0 Å². The Bertz CT molecular complexity index is 560. The van der Waals surface area contributed by atoms with Crippen molar-refractivity contribution in [2.45, 2.75) is 6.42 Å². The first-order valence-electron chi connectivity index (χ1n) is 5.54. The zero-order valence-corrected chi connectivity index (χ0v) is 9.86. The second-order valence-electron chi connectivity index (χ2n) is 4.18. The highest BCUT2D eigenvalue weighted by molar-refractivity contribution is 7.79. The Morgan fingerprint density at radius 3 is 2.38 bits per heavy atom. The molecule has 0 amide bonds. The van der Waals surface area contributed by atoms with Crippen molar-refractivity contribution in [1.29, 1.82) is 0 Å². The lowest BCUT2D eigenvalue weighted by atomic mass is 10.2. The minimum Gasteiger partial charge on any atom is -0.314 e. The summed E-state index contributed by atoms with van der Waals surface area (Å²) in [6.45, 7) is 0. The third-order valence-corrected chi connectivity index (χ3v) is 6.45. The number of hydrogen-bond donors (Lipinski definition) is 0. The Morgan fingerprint density at radius 2 is 1.56 bits per heavy atom. The highest BCUT2D eigenvalue weighted by Gasteiger charge is 2.34. The van der Waals surface area contributed by atoms with Crippen LogP contribution in [0.4, 0.5) is 0 Å². The molecule has 0 N–H and O–H groups in total. The molecule has 0 radical (unpaired) electrons. The topological polar surface area (TPSA) is 17.1 Å². The summed E-state index contributed by atoms with van der Waals surface area (Å²) in [5, 5.41) is 2.07. The van der Waals surface area contributed by atoms with Crippen LogP contribution in [0.2, 0.25) is 0 Å². The molecule has 0 saturated heterocycles. The molecule has 1 unspecified atom stereocenters. The van der Waals surface area contributed by atoms with Crippen molar-refractivity contribution in [3.8, 4) is 0 Å². The van der Waals surface area contributed by atoms with E-state index in [-0.39, 0.29) is 0 Å². The van der Waals surface area contributed by atoms with Crippen molar-refractivity contribution in [3.05, 3.63) is 60.2 Å². The van der Waals surface area contributed by atoms with Crippen LogP contribution in [0, 0.1) is 0 Å². The number of hydrogen-bond acceptors (Lipinski definition) is 1. The average Bonchev–Trinajstić information content (AvgIpc) is 2.71. The van der Waals surface area contributed by atoms with Gasteiger partial charge in [0.2, 0.25) is 0 Å². The van der Waals surface area contributed by atoms with Crippen molar-refractivity contribution in [2.75, 3.05) is 6.16 Å². The SMILES string of the molecule is O=P1(c2ccccc2)CCc2ccccc21. The number of rotatable bonds is 1. The summed E-state index contributed by atoms with van der Waals surface area (Å²) in [5.74, 6) is 0. The molecule has 2 aromatic rings. The Hall–Kier alpha value is -1.33. The summed E-state index contributed by atoms with van der Waals surface area (Å²) in [6, 6.07) is 18.0. The molecule has 1 atom stereocenters. The van der Waals surface area contributed by atoms with Crippen LogP contribution in [0.25, 0.3) is 0 Å². The third kappa shape index (κ3) is 1.36. The summed E-state index contributed by atoms with van der Waals surface area (Å²) in [6.07, 6.45) is 1.73. The lowest BCUT2D eigenvalue weighted by molar-refractivity contribution is 0.588. The molecule has 16 heavy (non-hydrogen) atoms. The standard InChI is InChI=1S/C14H13OP/c15-16(13-7-2-1-3-8-13)11-10-12-6-4-5-9-14(12)16/h1-9H,10-11H2. The van der Waals surface area contributed by atoms with Gasteiger partial charge in [-0.1, -0.05) is 54.6 Å². The smallest absolute Gasteiger partial charge is 0.143 e. The zero-order chi connectivity index (χ0) is 11.0. The molecule has 0 spiro atoms. The van der Waals surface area contributed by atoms with Crippen LogP contribution in [0.1, 0.15) is 5.56 Å². The quantitative estimate of drug-likeness (QED) is 0.685. The molecule has 2 aromatic carbocycles. The summed E-state index contributed by atoms with van der Waals surface area (Å²) < 4.78 is 13.0. The van der Waals surface area contributed by atoms with Gasteiger partial charge in [-0.25, -0.2) is 0 Å². The largest absolute Gasteiger partial charge is 0.314 e. The summed E-state index contributed by atoms with van der Waals surface area (Å²) >= 11 is 0. The molecule has 0 aromatic heterocycles. The maximum atomic E-state index is 13.0. The molecule has 1 heterocycles. The average molecular weight is 228 g/mol. The summed E-state index contributed by atoms with van der Waals surface area (Å²) in [4.78, 5) is 0. The van der Waals surface area contributed by atoms with Crippen LogP contribution in [0.15, 0.2) is 54.6 Å². The fourth-order valence-corrected chi connectivity index (χ4v) is 5.37. The molecular weight excluding hydrogens is 215 g/mol. The Balaban J connectivity index is 2.20. The van der Waals surface area contributed by atoms with Gasteiger partial charge in [0, 0.05) is 16.8 Å². The van der Waals surface area contributed by atoms with E-state index in [1.807, 2.05) is 48.5 Å². The lowest BCUT2D eigenvalue weighted by Crippen LogP contribution is -2.14. The Morgan fingerprint density at radius 1 is 0.875 bits per heavy atom. The lowest BCUT2D eigenvalue weighted by Gasteiger charge is -2.13. The molecule has 2 heteroatoms. The molecule has 1 aliphatic heterocycles. The molecule has 0 saturated carbocycles. The maximum Gasteiger partial charge on any atom is 0.143 e. The third-order valence-electron chi connectivity index (χ3n) is 3.25. The van der Waals surface area contributed by atoms with E-state index in [9.17, 15) is 4.57 Å². The van der Waals surface area contributed by atoms with E-state index in [2.05, 4.69) is 6.07 Å². The maximum absolute atomic E-state index is 13.0. The number of aryl methyl sites for hydroxylation is 1. The van der Waals surface area contributed by atoms with Gasteiger partial charge in [0.1, 0.15) is 7.14 Å². The molecule has 1 aliphatic rings. The molecule has 0 aliphatic carbocycles. The van der Waals surface area contributed by atoms with Crippen molar-refractivity contribution in [2.24, 2.45) is 0 Å². The second kappa shape index (κ2) is 3.61. The van der Waals surface area contributed by atoms with Crippen LogP contribution >= 0.6 is 7.14 Å². The van der Waals surface area contributed by atoms with E-state index < -0.39 is 7.14 Å². The van der Waals surface area contributed by atoms with Crippen LogP contribution in [-0.4, -0.2) is 6.16 Å². The van der Waals surface area contributed by atoms with Crippen LogP contribution in [-0.2, 0) is 11.0 Å². The van der Waals surface area contributed by atoms with Crippen LogP contribution in [0.3, 0.4) is 0 Å². The van der Waals surface area contributed by atoms with Gasteiger partial charge >= 0.3 is 0 Å².